The molecule has 1 unspecified atom stereocenters. The summed E-state index contributed by atoms with van der Waals surface area (Å²) >= 11 is 12.6. The summed E-state index contributed by atoms with van der Waals surface area (Å²) in [6, 6.07) is 5.43. The highest BCUT2D eigenvalue weighted by atomic mass is 35.5. The van der Waals surface area contributed by atoms with Gasteiger partial charge in [-0.3, -0.25) is 0 Å². The average molecular weight is 298 g/mol. The van der Waals surface area contributed by atoms with Gasteiger partial charge in [-0.05, 0) is 25.6 Å². The molecule has 1 aromatic heterocycles. The van der Waals surface area contributed by atoms with Crippen molar-refractivity contribution in [1.29, 1.82) is 0 Å². The van der Waals surface area contributed by atoms with Crippen LogP contribution in [0.2, 0.25) is 10.0 Å². The SMILES string of the molecule is CCCn1ccnc1C(NC)c1c(Cl)cccc1Cl. The molecule has 0 aliphatic carbocycles. The monoisotopic (exact) mass is 297 g/mol. The van der Waals surface area contributed by atoms with Gasteiger partial charge in [0.1, 0.15) is 5.82 Å². The second-order valence-electron chi connectivity index (χ2n) is 4.34. The molecule has 0 saturated heterocycles. The molecule has 2 rings (SSSR count). The normalized spacial score (nSPS) is 12.6. The molecule has 1 N–H and O–H groups in total. The maximum absolute atomic E-state index is 6.29. The molecule has 2 aromatic rings. The van der Waals surface area contributed by atoms with Gasteiger partial charge in [0, 0.05) is 34.5 Å². The van der Waals surface area contributed by atoms with Gasteiger partial charge in [-0.15, -0.1) is 0 Å². The van der Waals surface area contributed by atoms with Crippen molar-refractivity contribution in [3.05, 3.63) is 52.0 Å². The zero-order valence-electron chi connectivity index (χ0n) is 11.0. The number of nitrogens with one attached hydrogen (secondary N) is 1. The summed E-state index contributed by atoms with van der Waals surface area (Å²) in [7, 11) is 1.88. The lowest BCUT2D eigenvalue weighted by atomic mass is 10.1. The number of hydrogen-bond acceptors (Lipinski definition) is 2. The number of aromatic nitrogens is 2. The molecular weight excluding hydrogens is 281 g/mol. The smallest absolute Gasteiger partial charge is 0.130 e. The Hall–Kier alpha value is -1.03. The fourth-order valence-corrected chi connectivity index (χ4v) is 2.82. The molecule has 0 bridgehead atoms. The molecule has 1 atom stereocenters. The summed E-state index contributed by atoms with van der Waals surface area (Å²) in [5.41, 5.74) is 0.872. The Morgan fingerprint density at radius 2 is 2.00 bits per heavy atom. The number of halogens is 2. The van der Waals surface area contributed by atoms with E-state index in [9.17, 15) is 0 Å². The van der Waals surface area contributed by atoms with E-state index in [0.29, 0.717) is 10.0 Å². The molecule has 0 amide bonds. The summed E-state index contributed by atoms with van der Waals surface area (Å²) in [4.78, 5) is 4.45. The molecule has 3 nitrogen and oxygen atoms in total. The van der Waals surface area contributed by atoms with Crippen LogP contribution in [0.3, 0.4) is 0 Å². The third-order valence-corrected chi connectivity index (χ3v) is 3.71. The number of rotatable bonds is 5. The highest BCUT2D eigenvalue weighted by Crippen LogP contribution is 2.33. The first-order valence-electron chi connectivity index (χ1n) is 6.31. The van der Waals surface area contributed by atoms with Crippen molar-refractivity contribution >= 4 is 23.2 Å². The highest BCUT2D eigenvalue weighted by molar-refractivity contribution is 6.36. The van der Waals surface area contributed by atoms with Gasteiger partial charge in [0.2, 0.25) is 0 Å². The fourth-order valence-electron chi connectivity index (χ4n) is 2.20. The molecule has 0 fully saturated rings. The van der Waals surface area contributed by atoms with Gasteiger partial charge in [-0.2, -0.15) is 0 Å². The molecule has 19 heavy (non-hydrogen) atoms. The molecule has 102 valence electrons. The molecule has 0 radical (unpaired) electrons. The minimum absolute atomic E-state index is 0.109. The van der Waals surface area contributed by atoms with Crippen molar-refractivity contribution in [2.45, 2.75) is 25.9 Å². The van der Waals surface area contributed by atoms with Gasteiger partial charge in [0.15, 0.2) is 0 Å². The summed E-state index contributed by atoms with van der Waals surface area (Å²) in [5, 5.41) is 4.55. The Morgan fingerprint density at radius 3 is 2.58 bits per heavy atom. The number of benzene rings is 1. The van der Waals surface area contributed by atoms with Crippen LogP contribution in [0.1, 0.15) is 30.8 Å². The molecule has 0 aliphatic rings. The van der Waals surface area contributed by atoms with E-state index in [1.165, 1.54) is 0 Å². The number of nitrogens with zero attached hydrogens (tertiary/aromatic N) is 2. The molecule has 0 spiro atoms. The van der Waals surface area contributed by atoms with Gasteiger partial charge in [0.05, 0.1) is 6.04 Å². The lowest BCUT2D eigenvalue weighted by Gasteiger charge is -2.20. The molecule has 1 aromatic carbocycles. The minimum Gasteiger partial charge on any atom is -0.333 e. The zero-order chi connectivity index (χ0) is 13.8. The molecular formula is C14H17Cl2N3. The first kappa shape index (κ1) is 14.4. The Balaban J connectivity index is 2.47. The van der Waals surface area contributed by atoms with Crippen LogP contribution in [0.4, 0.5) is 0 Å². The topological polar surface area (TPSA) is 29.9 Å². The predicted molar refractivity (Wildman–Crippen MR) is 79.9 cm³/mol. The summed E-state index contributed by atoms with van der Waals surface area (Å²) in [6.07, 6.45) is 4.84. The number of imidazole rings is 1. The Labute approximate surface area is 123 Å². The van der Waals surface area contributed by atoms with Crippen LogP contribution in [0, 0.1) is 0 Å². The van der Waals surface area contributed by atoms with Crippen LogP contribution < -0.4 is 5.32 Å². The van der Waals surface area contributed by atoms with Crippen molar-refractivity contribution < 1.29 is 0 Å². The van der Waals surface area contributed by atoms with Gasteiger partial charge in [0.25, 0.3) is 0 Å². The second-order valence-corrected chi connectivity index (χ2v) is 5.15. The molecule has 5 heteroatoms. The van der Waals surface area contributed by atoms with Crippen LogP contribution >= 0.6 is 23.2 Å². The van der Waals surface area contributed by atoms with Crippen molar-refractivity contribution in [3.63, 3.8) is 0 Å². The quantitative estimate of drug-likeness (QED) is 0.907. The van der Waals surface area contributed by atoms with Crippen LogP contribution in [0.15, 0.2) is 30.6 Å². The van der Waals surface area contributed by atoms with Crippen molar-refractivity contribution in [2.75, 3.05) is 7.05 Å². The van der Waals surface area contributed by atoms with Crippen LogP contribution in [0.5, 0.6) is 0 Å². The van der Waals surface area contributed by atoms with E-state index in [-0.39, 0.29) is 6.04 Å². The fraction of sp³-hybridized carbons (Fsp3) is 0.357. The van der Waals surface area contributed by atoms with Crippen LogP contribution in [0.25, 0.3) is 0 Å². The highest BCUT2D eigenvalue weighted by Gasteiger charge is 2.22. The van der Waals surface area contributed by atoms with Crippen LogP contribution in [-0.4, -0.2) is 16.6 Å². The van der Waals surface area contributed by atoms with Crippen LogP contribution in [-0.2, 0) is 6.54 Å². The lowest BCUT2D eigenvalue weighted by molar-refractivity contribution is 0.568. The maximum atomic E-state index is 6.29. The largest absolute Gasteiger partial charge is 0.333 e. The standard InChI is InChI=1S/C14H17Cl2N3/c1-3-8-19-9-7-18-14(19)13(17-2)12-10(15)5-4-6-11(12)16/h4-7,9,13,17H,3,8H2,1-2H3. The molecule has 0 aliphatic heterocycles. The second kappa shape index (κ2) is 6.42. The van der Waals surface area contributed by atoms with E-state index < -0.39 is 0 Å². The summed E-state index contributed by atoms with van der Waals surface area (Å²) < 4.78 is 2.13. The van der Waals surface area contributed by atoms with Gasteiger partial charge >= 0.3 is 0 Å². The first-order chi connectivity index (χ1) is 9.19. The third-order valence-electron chi connectivity index (χ3n) is 3.05. The molecule has 1 heterocycles. The van der Waals surface area contributed by atoms with E-state index in [1.54, 1.807) is 6.20 Å². The summed E-state index contributed by atoms with van der Waals surface area (Å²) in [5.74, 6) is 0.930. The van der Waals surface area contributed by atoms with Gasteiger partial charge in [-0.1, -0.05) is 36.2 Å². The lowest BCUT2D eigenvalue weighted by Crippen LogP contribution is -2.22. The van der Waals surface area contributed by atoms with Crippen molar-refractivity contribution in [2.24, 2.45) is 0 Å². The number of hydrogen-bond donors (Lipinski definition) is 1. The van der Waals surface area contributed by atoms with Gasteiger partial charge < -0.3 is 9.88 Å². The Bertz CT molecular complexity index is 531. The van der Waals surface area contributed by atoms with E-state index in [4.69, 9.17) is 23.2 Å². The van der Waals surface area contributed by atoms with E-state index in [2.05, 4.69) is 21.8 Å². The molecule has 0 saturated carbocycles. The average Bonchev–Trinajstić information content (AvgIpc) is 2.83. The Morgan fingerprint density at radius 1 is 1.32 bits per heavy atom. The van der Waals surface area contributed by atoms with Crippen molar-refractivity contribution in [3.8, 4) is 0 Å². The third kappa shape index (κ3) is 2.94. The van der Waals surface area contributed by atoms with E-state index >= 15 is 0 Å². The Kier molecular flexibility index (Phi) is 4.86. The van der Waals surface area contributed by atoms with Crippen molar-refractivity contribution in [1.82, 2.24) is 14.9 Å². The zero-order valence-corrected chi connectivity index (χ0v) is 12.5. The number of aryl methyl sites for hydroxylation is 1. The summed E-state index contributed by atoms with van der Waals surface area (Å²) in [6.45, 7) is 3.07. The van der Waals surface area contributed by atoms with E-state index in [0.717, 1.165) is 24.4 Å². The van der Waals surface area contributed by atoms with E-state index in [1.807, 2.05) is 31.4 Å². The van der Waals surface area contributed by atoms with Gasteiger partial charge in [-0.25, -0.2) is 4.98 Å². The minimum atomic E-state index is -0.109. The first-order valence-corrected chi connectivity index (χ1v) is 7.06. The maximum Gasteiger partial charge on any atom is 0.130 e. The predicted octanol–water partition coefficient (Wildman–Crippen LogP) is 3.91.